The molecule has 0 spiro atoms. The van der Waals surface area contributed by atoms with Gasteiger partial charge in [-0.3, -0.25) is 4.79 Å². The predicted molar refractivity (Wildman–Crippen MR) is 99.1 cm³/mol. The van der Waals surface area contributed by atoms with Crippen molar-refractivity contribution in [3.05, 3.63) is 65.7 Å². The summed E-state index contributed by atoms with van der Waals surface area (Å²) in [5.41, 5.74) is 1.15. The van der Waals surface area contributed by atoms with Crippen LogP contribution in [0.15, 0.2) is 64.2 Å². The third-order valence-corrected chi connectivity index (χ3v) is 3.58. The monoisotopic (exact) mass is 366 g/mol. The fourth-order valence-corrected chi connectivity index (χ4v) is 2.40. The first kappa shape index (κ1) is 18.2. The van der Waals surface area contributed by atoms with E-state index in [2.05, 4.69) is 15.3 Å². The van der Waals surface area contributed by atoms with E-state index in [4.69, 9.17) is 9.15 Å². The topological polar surface area (TPSA) is 90.1 Å². The molecule has 138 valence electrons. The van der Waals surface area contributed by atoms with Crippen LogP contribution in [0.25, 0.3) is 11.0 Å². The van der Waals surface area contributed by atoms with Crippen LogP contribution < -0.4 is 15.6 Å². The maximum atomic E-state index is 12.7. The number of rotatable bonds is 5. The summed E-state index contributed by atoms with van der Waals surface area (Å²) in [6, 6.07) is 15.8. The SMILES string of the molecule is CCOc1ccc(NC(=O)c2cc3ccccc3oc2=NOC(C)=O)cc1. The van der Waals surface area contributed by atoms with Gasteiger partial charge in [0.05, 0.1) is 6.61 Å². The van der Waals surface area contributed by atoms with Gasteiger partial charge in [-0.25, -0.2) is 4.79 Å². The van der Waals surface area contributed by atoms with Crippen LogP contribution >= 0.6 is 0 Å². The molecular weight excluding hydrogens is 348 g/mol. The number of carbonyl (C=O) groups excluding carboxylic acids is 2. The number of nitrogens with zero attached hydrogens (tertiary/aromatic N) is 1. The molecule has 0 saturated heterocycles. The quantitative estimate of drug-likeness (QED) is 0.552. The number of ether oxygens (including phenoxy) is 1. The van der Waals surface area contributed by atoms with E-state index in [-0.39, 0.29) is 11.1 Å². The molecule has 0 aliphatic heterocycles. The van der Waals surface area contributed by atoms with Crippen molar-refractivity contribution in [1.29, 1.82) is 0 Å². The zero-order valence-corrected chi connectivity index (χ0v) is 14.9. The van der Waals surface area contributed by atoms with Crippen LogP contribution in [0.5, 0.6) is 5.75 Å². The van der Waals surface area contributed by atoms with Gasteiger partial charge in [-0.05, 0) is 48.5 Å². The van der Waals surface area contributed by atoms with Crippen LogP contribution in [0.1, 0.15) is 24.2 Å². The van der Waals surface area contributed by atoms with Gasteiger partial charge < -0.3 is 19.3 Å². The molecule has 1 heterocycles. The molecule has 2 aromatic carbocycles. The third-order valence-electron chi connectivity index (χ3n) is 3.58. The Morgan fingerprint density at radius 1 is 1.11 bits per heavy atom. The molecule has 3 rings (SSSR count). The van der Waals surface area contributed by atoms with Crippen LogP contribution in [-0.2, 0) is 9.63 Å². The van der Waals surface area contributed by atoms with E-state index in [1.807, 2.05) is 19.1 Å². The van der Waals surface area contributed by atoms with Crippen molar-refractivity contribution in [3.8, 4) is 5.75 Å². The number of para-hydroxylation sites is 1. The lowest BCUT2D eigenvalue weighted by Gasteiger charge is -2.08. The Morgan fingerprint density at radius 3 is 2.56 bits per heavy atom. The fraction of sp³-hybridized carbons (Fsp3) is 0.150. The van der Waals surface area contributed by atoms with Gasteiger partial charge in [0.25, 0.3) is 11.5 Å². The first-order chi connectivity index (χ1) is 13.1. The molecule has 0 aliphatic carbocycles. The van der Waals surface area contributed by atoms with Gasteiger partial charge in [0, 0.05) is 18.0 Å². The van der Waals surface area contributed by atoms with Gasteiger partial charge in [0.1, 0.15) is 16.9 Å². The van der Waals surface area contributed by atoms with Crippen molar-refractivity contribution in [2.75, 3.05) is 11.9 Å². The molecule has 0 atom stereocenters. The van der Waals surface area contributed by atoms with Crippen molar-refractivity contribution in [2.45, 2.75) is 13.8 Å². The normalized spacial score (nSPS) is 11.3. The minimum Gasteiger partial charge on any atom is -0.494 e. The maximum Gasteiger partial charge on any atom is 0.332 e. The van der Waals surface area contributed by atoms with Crippen molar-refractivity contribution in [1.82, 2.24) is 0 Å². The van der Waals surface area contributed by atoms with Gasteiger partial charge in [-0.15, -0.1) is 0 Å². The number of amides is 1. The predicted octanol–water partition coefficient (Wildman–Crippen LogP) is 3.46. The average molecular weight is 366 g/mol. The number of hydrogen-bond acceptors (Lipinski definition) is 6. The molecule has 1 aromatic heterocycles. The van der Waals surface area contributed by atoms with Gasteiger partial charge in [0.2, 0.25) is 0 Å². The standard InChI is InChI=1S/C20H18N2O5/c1-3-25-16-10-8-15(9-11-16)21-19(24)17-12-14-6-4-5-7-18(14)26-20(17)22-27-13(2)23/h4-12H,3H2,1-2H3,(H,21,24). The molecule has 1 N–H and O–H groups in total. The molecule has 0 radical (unpaired) electrons. The first-order valence-corrected chi connectivity index (χ1v) is 8.35. The summed E-state index contributed by atoms with van der Waals surface area (Å²) in [6.45, 7) is 3.67. The molecule has 0 unspecified atom stereocenters. The largest absolute Gasteiger partial charge is 0.494 e. The van der Waals surface area contributed by atoms with Crippen molar-refractivity contribution < 1.29 is 23.6 Å². The highest BCUT2D eigenvalue weighted by molar-refractivity contribution is 6.05. The minimum atomic E-state index is -0.615. The third kappa shape index (κ3) is 4.52. The molecule has 1 amide bonds. The highest BCUT2D eigenvalue weighted by Gasteiger charge is 2.14. The highest BCUT2D eigenvalue weighted by atomic mass is 16.7. The molecule has 0 saturated carbocycles. The van der Waals surface area contributed by atoms with E-state index in [1.165, 1.54) is 6.92 Å². The summed E-state index contributed by atoms with van der Waals surface area (Å²) in [4.78, 5) is 28.5. The summed E-state index contributed by atoms with van der Waals surface area (Å²) in [7, 11) is 0. The number of hydrogen-bond donors (Lipinski definition) is 1. The van der Waals surface area contributed by atoms with Gasteiger partial charge >= 0.3 is 5.97 Å². The molecule has 7 heteroatoms. The lowest BCUT2D eigenvalue weighted by Crippen LogP contribution is -2.22. The lowest BCUT2D eigenvalue weighted by atomic mass is 10.1. The molecular formula is C20H18N2O5. The number of benzene rings is 2. The van der Waals surface area contributed by atoms with E-state index in [1.54, 1.807) is 42.5 Å². The Kier molecular flexibility index (Phi) is 5.51. The number of fused-ring (bicyclic) bond motifs is 1. The van der Waals surface area contributed by atoms with Gasteiger partial charge in [-0.2, -0.15) is 0 Å². The summed E-state index contributed by atoms with van der Waals surface area (Å²) in [5, 5.41) is 7.14. The van der Waals surface area contributed by atoms with Gasteiger partial charge in [-0.1, -0.05) is 18.2 Å². The second kappa shape index (κ2) is 8.18. The van der Waals surface area contributed by atoms with E-state index in [0.717, 1.165) is 5.39 Å². The Bertz CT molecular complexity index is 1040. The maximum absolute atomic E-state index is 12.7. The van der Waals surface area contributed by atoms with Crippen molar-refractivity contribution in [2.24, 2.45) is 5.16 Å². The van der Waals surface area contributed by atoms with E-state index < -0.39 is 11.9 Å². The van der Waals surface area contributed by atoms with E-state index in [9.17, 15) is 9.59 Å². The Morgan fingerprint density at radius 2 is 1.85 bits per heavy atom. The Labute approximate surface area is 155 Å². The smallest absolute Gasteiger partial charge is 0.332 e. The second-order valence-electron chi connectivity index (χ2n) is 5.59. The molecule has 0 bridgehead atoms. The highest BCUT2D eigenvalue weighted by Crippen LogP contribution is 2.17. The molecule has 0 fully saturated rings. The van der Waals surface area contributed by atoms with E-state index >= 15 is 0 Å². The molecule has 3 aromatic rings. The number of anilines is 1. The van der Waals surface area contributed by atoms with E-state index in [0.29, 0.717) is 23.6 Å². The van der Waals surface area contributed by atoms with Crippen LogP contribution in [-0.4, -0.2) is 18.5 Å². The Balaban J connectivity index is 1.95. The lowest BCUT2D eigenvalue weighted by molar-refractivity contribution is -0.141. The summed E-state index contributed by atoms with van der Waals surface area (Å²) in [5.74, 6) is -0.349. The number of carbonyl (C=O) groups is 2. The van der Waals surface area contributed by atoms with Gasteiger partial charge in [0.15, 0.2) is 0 Å². The van der Waals surface area contributed by atoms with Crippen LogP contribution in [0.3, 0.4) is 0 Å². The molecule has 7 nitrogen and oxygen atoms in total. The van der Waals surface area contributed by atoms with Crippen LogP contribution in [0.2, 0.25) is 0 Å². The summed E-state index contributed by atoms with van der Waals surface area (Å²) < 4.78 is 11.0. The second-order valence-corrected chi connectivity index (χ2v) is 5.59. The van der Waals surface area contributed by atoms with Crippen LogP contribution in [0.4, 0.5) is 5.69 Å². The van der Waals surface area contributed by atoms with Crippen LogP contribution in [0, 0.1) is 0 Å². The molecule has 0 aliphatic rings. The zero-order valence-electron chi connectivity index (χ0n) is 14.9. The number of nitrogens with one attached hydrogen (secondary N) is 1. The average Bonchev–Trinajstić information content (AvgIpc) is 2.67. The Hall–Kier alpha value is -3.61. The first-order valence-electron chi connectivity index (χ1n) is 8.35. The van der Waals surface area contributed by atoms with Crippen molar-refractivity contribution >= 4 is 28.5 Å². The minimum absolute atomic E-state index is 0.0904. The van der Waals surface area contributed by atoms with Crippen molar-refractivity contribution in [3.63, 3.8) is 0 Å². The summed E-state index contributed by atoms with van der Waals surface area (Å²) >= 11 is 0. The zero-order chi connectivity index (χ0) is 19.2. The molecule has 27 heavy (non-hydrogen) atoms. The fourth-order valence-electron chi connectivity index (χ4n) is 2.40. The summed E-state index contributed by atoms with van der Waals surface area (Å²) in [6.07, 6.45) is 0.